The number of benzene rings is 1. The molecule has 0 aliphatic rings. The van der Waals surface area contributed by atoms with Crippen LogP contribution in [0.2, 0.25) is 0 Å². The van der Waals surface area contributed by atoms with Crippen molar-refractivity contribution < 1.29 is 14.3 Å². The fourth-order valence-electron chi connectivity index (χ4n) is 1.52. The number of carbonyl (C=O) groups is 1. The first-order valence-electron chi connectivity index (χ1n) is 7.03. The van der Waals surface area contributed by atoms with Crippen LogP contribution in [0, 0.1) is 6.92 Å². The Labute approximate surface area is 121 Å². The summed E-state index contributed by atoms with van der Waals surface area (Å²) in [5.74, 6) is -0.327. The van der Waals surface area contributed by atoms with Gasteiger partial charge >= 0.3 is 5.97 Å². The van der Waals surface area contributed by atoms with Gasteiger partial charge in [0.05, 0.1) is 12.4 Å². The van der Waals surface area contributed by atoms with Crippen LogP contribution in [0.25, 0.3) is 5.57 Å². The van der Waals surface area contributed by atoms with Crippen LogP contribution in [0.4, 0.5) is 0 Å². The molecule has 1 rings (SSSR count). The highest BCUT2D eigenvalue weighted by molar-refractivity contribution is 5.74. The lowest BCUT2D eigenvalue weighted by Crippen LogP contribution is -2.25. The second-order valence-corrected chi connectivity index (χ2v) is 5.10. The lowest BCUT2D eigenvalue weighted by molar-refractivity contribution is -0.157. The van der Waals surface area contributed by atoms with Crippen molar-refractivity contribution in [2.75, 3.05) is 0 Å². The number of carbonyl (C=O) groups excluding carboxylic acids is 1. The Hall–Kier alpha value is -1.77. The maximum absolute atomic E-state index is 11.7. The summed E-state index contributed by atoms with van der Waals surface area (Å²) in [6.45, 7) is 9.55. The van der Waals surface area contributed by atoms with Gasteiger partial charge in [0.25, 0.3) is 0 Å². The van der Waals surface area contributed by atoms with Crippen LogP contribution in [-0.2, 0) is 14.3 Å². The first-order chi connectivity index (χ1) is 9.43. The van der Waals surface area contributed by atoms with Crippen LogP contribution >= 0.6 is 0 Å². The molecule has 110 valence electrons. The first-order valence-corrected chi connectivity index (χ1v) is 7.03. The fourth-order valence-corrected chi connectivity index (χ4v) is 1.52. The number of rotatable bonds is 6. The Morgan fingerprint density at radius 1 is 1.25 bits per heavy atom. The third-order valence-electron chi connectivity index (χ3n) is 3.18. The van der Waals surface area contributed by atoms with E-state index in [2.05, 4.69) is 0 Å². The molecule has 0 amide bonds. The Morgan fingerprint density at radius 2 is 1.85 bits per heavy atom. The average molecular weight is 276 g/mol. The number of allylic oxidation sites excluding steroid dienone is 1. The third-order valence-corrected chi connectivity index (χ3v) is 3.18. The molecule has 3 nitrogen and oxygen atoms in total. The van der Waals surface area contributed by atoms with Crippen molar-refractivity contribution in [1.82, 2.24) is 0 Å². The molecule has 2 unspecified atom stereocenters. The summed E-state index contributed by atoms with van der Waals surface area (Å²) in [6.07, 6.45) is 1.75. The summed E-state index contributed by atoms with van der Waals surface area (Å²) in [7, 11) is 0. The van der Waals surface area contributed by atoms with E-state index in [1.54, 1.807) is 13.2 Å². The smallest absolute Gasteiger partial charge is 0.347 e. The predicted molar refractivity (Wildman–Crippen MR) is 81.2 cm³/mol. The van der Waals surface area contributed by atoms with E-state index in [0.29, 0.717) is 0 Å². The first kappa shape index (κ1) is 16.3. The van der Waals surface area contributed by atoms with Gasteiger partial charge in [0.15, 0.2) is 6.10 Å². The molecule has 20 heavy (non-hydrogen) atoms. The van der Waals surface area contributed by atoms with E-state index in [-0.39, 0.29) is 12.1 Å². The lowest BCUT2D eigenvalue weighted by Gasteiger charge is -2.15. The van der Waals surface area contributed by atoms with Gasteiger partial charge < -0.3 is 9.47 Å². The summed E-state index contributed by atoms with van der Waals surface area (Å²) < 4.78 is 10.7. The van der Waals surface area contributed by atoms with E-state index in [1.165, 1.54) is 5.56 Å². The summed E-state index contributed by atoms with van der Waals surface area (Å²) in [5, 5.41) is 0. The van der Waals surface area contributed by atoms with Gasteiger partial charge in [-0.25, -0.2) is 4.79 Å². The molecule has 0 spiro atoms. The van der Waals surface area contributed by atoms with Crippen LogP contribution in [0.1, 0.15) is 45.2 Å². The van der Waals surface area contributed by atoms with Crippen molar-refractivity contribution in [2.45, 2.75) is 53.2 Å². The molecule has 1 aromatic rings. The van der Waals surface area contributed by atoms with E-state index in [0.717, 1.165) is 17.6 Å². The van der Waals surface area contributed by atoms with E-state index in [1.807, 2.05) is 52.0 Å². The zero-order chi connectivity index (χ0) is 15.1. The van der Waals surface area contributed by atoms with Crippen molar-refractivity contribution in [3.05, 3.63) is 41.7 Å². The topological polar surface area (TPSA) is 35.5 Å². The van der Waals surface area contributed by atoms with Gasteiger partial charge in [-0.3, -0.25) is 0 Å². The lowest BCUT2D eigenvalue weighted by atomic mass is 10.1. The maximum Gasteiger partial charge on any atom is 0.347 e. The van der Waals surface area contributed by atoms with Crippen molar-refractivity contribution in [1.29, 1.82) is 0 Å². The van der Waals surface area contributed by atoms with E-state index in [9.17, 15) is 4.79 Å². The molecule has 0 radical (unpaired) electrons. The standard InChI is InChI=1S/C17H24O3/c1-6-14(4)20-17(18)15(5)19-11-13(3)16-9-7-12(2)8-10-16/h7-11,14-15H,6H2,1-5H3. The molecule has 1 aromatic carbocycles. The summed E-state index contributed by atoms with van der Waals surface area (Å²) in [5.41, 5.74) is 3.28. The Bertz CT molecular complexity index is 460. The van der Waals surface area contributed by atoms with E-state index >= 15 is 0 Å². The number of hydrogen-bond acceptors (Lipinski definition) is 3. The SMILES string of the molecule is CCC(C)OC(=O)C(C)OC=C(C)c1ccc(C)cc1. The summed E-state index contributed by atoms with van der Waals surface area (Å²) >= 11 is 0. The molecule has 0 aromatic heterocycles. The van der Waals surface area contributed by atoms with Crippen molar-refractivity contribution >= 4 is 11.5 Å². The molecule has 0 saturated carbocycles. The molecule has 2 atom stereocenters. The molecule has 0 heterocycles. The number of hydrogen-bond donors (Lipinski definition) is 0. The van der Waals surface area contributed by atoms with Crippen LogP contribution in [-0.4, -0.2) is 18.2 Å². The monoisotopic (exact) mass is 276 g/mol. The third kappa shape index (κ3) is 5.08. The van der Waals surface area contributed by atoms with Crippen LogP contribution in [0.15, 0.2) is 30.5 Å². The van der Waals surface area contributed by atoms with Crippen LogP contribution in [0.3, 0.4) is 0 Å². The Morgan fingerprint density at radius 3 is 2.40 bits per heavy atom. The second kappa shape index (κ2) is 7.73. The van der Waals surface area contributed by atoms with Crippen LogP contribution < -0.4 is 0 Å². The molecule has 0 N–H and O–H groups in total. The maximum atomic E-state index is 11.7. The van der Waals surface area contributed by atoms with E-state index in [4.69, 9.17) is 9.47 Å². The molecule has 0 bridgehead atoms. The second-order valence-electron chi connectivity index (χ2n) is 5.10. The van der Waals surface area contributed by atoms with Gasteiger partial charge in [0.2, 0.25) is 0 Å². The zero-order valence-electron chi connectivity index (χ0n) is 13.0. The molecule has 3 heteroatoms. The predicted octanol–water partition coefficient (Wildman–Crippen LogP) is 4.10. The normalized spacial score (nSPS) is 14.6. The number of ether oxygens (including phenoxy) is 2. The van der Waals surface area contributed by atoms with Crippen molar-refractivity contribution in [3.63, 3.8) is 0 Å². The van der Waals surface area contributed by atoms with Gasteiger partial charge in [-0.2, -0.15) is 0 Å². The molecular formula is C17H24O3. The largest absolute Gasteiger partial charge is 0.486 e. The molecule has 0 aliphatic carbocycles. The number of esters is 1. The highest BCUT2D eigenvalue weighted by Gasteiger charge is 2.17. The minimum atomic E-state index is -0.593. The minimum Gasteiger partial charge on any atom is -0.486 e. The number of aryl methyl sites for hydroxylation is 1. The van der Waals surface area contributed by atoms with E-state index < -0.39 is 6.10 Å². The molecular weight excluding hydrogens is 252 g/mol. The van der Waals surface area contributed by atoms with Crippen molar-refractivity contribution in [3.8, 4) is 0 Å². The highest BCUT2D eigenvalue weighted by atomic mass is 16.6. The fraction of sp³-hybridized carbons (Fsp3) is 0.471. The molecule has 0 aliphatic heterocycles. The highest BCUT2D eigenvalue weighted by Crippen LogP contribution is 2.15. The quantitative estimate of drug-likeness (QED) is 0.579. The van der Waals surface area contributed by atoms with Gasteiger partial charge in [-0.1, -0.05) is 36.8 Å². The van der Waals surface area contributed by atoms with Gasteiger partial charge in [0.1, 0.15) is 0 Å². The minimum absolute atomic E-state index is 0.0734. The van der Waals surface area contributed by atoms with Crippen LogP contribution in [0.5, 0.6) is 0 Å². The van der Waals surface area contributed by atoms with Gasteiger partial charge in [0, 0.05) is 0 Å². The Kier molecular flexibility index (Phi) is 6.29. The molecule has 0 fully saturated rings. The zero-order valence-corrected chi connectivity index (χ0v) is 13.0. The van der Waals surface area contributed by atoms with Gasteiger partial charge in [-0.05, 0) is 45.3 Å². The summed E-state index contributed by atoms with van der Waals surface area (Å²) in [4.78, 5) is 11.7. The van der Waals surface area contributed by atoms with Gasteiger partial charge in [-0.15, -0.1) is 0 Å². The van der Waals surface area contributed by atoms with Crippen molar-refractivity contribution in [2.24, 2.45) is 0 Å². The summed E-state index contributed by atoms with van der Waals surface area (Å²) in [6, 6.07) is 8.17. The Balaban J connectivity index is 2.57. The average Bonchev–Trinajstić information content (AvgIpc) is 2.44. The molecule has 0 saturated heterocycles.